The first-order valence-corrected chi connectivity index (χ1v) is 9.65. The van der Waals surface area contributed by atoms with Gasteiger partial charge >= 0.3 is 6.09 Å². The molecule has 3 aromatic carbocycles. The zero-order valence-electron chi connectivity index (χ0n) is 15.9. The maximum absolute atomic E-state index is 12.2. The summed E-state index contributed by atoms with van der Waals surface area (Å²) in [5, 5.41) is 22.9. The number of carbonyl (C=O) groups is 1. The van der Waals surface area contributed by atoms with E-state index in [0.717, 1.165) is 11.1 Å². The van der Waals surface area contributed by atoms with Gasteiger partial charge in [-0.25, -0.2) is 4.79 Å². The van der Waals surface area contributed by atoms with Crippen molar-refractivity contribution in [3.63, 3.8) is 0 Å². The summed E-state index contributed by atoms with van der Waals surface area (Å²) in [4.78, 5) is 12.2. The second kappa shape index (κ2) is 8.47. The van der Waals surface area contributed by atoms with Crippen molar-refractivity contribution < 1.29 is 19.7 Å². The number of alkyl carbamates (subject to hydrolysis) is 1. The highest BCUT2D eigenvalue weighted by Gasteiger charge is 2.29. The van der Waals surface area contributed by atoms with Crippen LogP contribution in [0.1, 0.15) is 28.7 Å². The molecule has 2 atom stereocenters. The van der Waals surface area contributed by atoms with Gasteiger partial charge in [-0.15, -0.1) is 0 Å². The number of carbonyl (C=O) groups excluding carboxylic acids is 1. The van der Waals surface area contributed by atoms with Gasteiger partial charge in [-0.1, -0.05) is 78.9 Å². The highest BCUT2D eigenvalue weighted by atomic mass is 16.5. The first-order chi connectivity index (χ1) is 14.1. The molecule has 0 aromatic heterocycles. The van der Waals surface area contributed by atoms with E-state index >= 15 is 0 Å². The van der Waals surface area contributed by atoms with E-state index < -0.39 is 18.3 Å². The van der Waals surface area contributed by atoms with Crippen LogP contribution >= 0.6 is 0 Å². The van der Waals surface area contributed by atoms with E-state index in [0.29, 0.717) is 5.56 Å². The summed E-state index contributed by atoms with van der Waals surface area (Å²) in [6.07, 6.45) is -2.82. The lowest BCUT2D eigenvalue weighted by molar-refractivity contribution is 0.0185. The summed E-state index contributed by atoms with van der Waals surface area (Å²) in [5.74, 6) is -0.0204. The zero-order chi connectivity index (χ0) is 20.2. The van der Waals surface area contributed by atoms with Crippen LogP contribution in [0.4, 0.5) is 4.79 Å². The second-order valence-corrected chi connectivity index (χ2v) is 7.13. The molecule has 0 aliphatic heterocycles. The third-order valence-electron chi connectivity index (χ3n) is 5.30. The predicted octanol–water partition coefficient (Wildman–Crippen LogP) is 3.62. The van der Waals surface area contributed by atoms with Gasteiger partial charge in [-0.2, -0.15) is 0 Å². The van der Waals surface area contributed by atoms with Gasteiger partial charge in [0.05, 0.1) is 0 Å². The van der Waals surface area contributed by atoms with Gasteiger partial charge in [-0.05, 0) is 27.8 Å². The van der Waals surface area contributed by atoms with Crippen molar-refractivity contribution in [1.29, 1.82) is 0 Å². The van der Waals surface area contributed by atoms with E-state index in [1.165, 1.54) is 11.1 Å². The zero-order valence-corrected chi connectivity index (χ0v) is 15.9. The fourth-order valence-electron chi connectivity index (χ4n) is 3.82. The van der Waals surface area contributed by atoms with Gasteiger partial charge in [0.2, 0.25) is 0 Å². The number of rotatable bonds is 6. The van der Waals surface area contributed by atoms with Gasteiger partial charge in [-0.3, -0.25) is 0 Å². The maximum atomic E-state index is 12.2. The Bertz CT molecular complexity index is 943. The van der Waals surface area contributed by atoms with Crippen LogP contribution < -0.4 is 5.32 Å². The second-order valence-electron chi connectivity index (χ2n) is 7.13. The molecule has 0 saturated heterocycles. The summed E-state index contributed by atoms with van der Waals surface area (Å²) in [7, 11) is 0. The molecule has 0 heterocycles. The molecule has 0 fully saturated rings. The summed E-state index contributed by atoms with van der Waals surface area (Å²) in [6, 6.07) is 25.1. The molecule has 29 heavy (non-hydrogen) atoms. The fourth-order valence-corrected chi connectivity index (χ4v) is 3.82. The quantitative estimate of drug-likeness (QED) is 0.602. The molecule has 1 aliphatic carbocycles. The number of aliphatic hydroxyl groups is 2. The number of aliphatic hydroxyl groups excluding tert-OH is 2. The van der Waals surface area contributed by atoms with Gasteiger partial charge in [0.25, 0.3) is 0 Å². The highest BCUT2D eigenvalue weighted by Crippen LogP contribution is 2.44. The summed E-state index contributed by atoms with van der Waals surface area (Å²) >= 11 is 0. The average molecular weight is 389 g/mol. The molecule has 4 rings (SSSR count). The molecule has 1 amide bonds. The molecule has 1 aliphatic rings. The Morgan fingerprint density at radius 1 is 0.862 bits per heavy atom. The van der Waals surface area contributed by atoms with Crippen molar-refractivity contribution >= 4 is 6.09 Å². The molecule has 5 heteroatoms. The van der Waals surface area contributed by atoms with Crippen molar-refractivity contribution in [1.82, 2.24) is 5.32 Å². The van der Waals surface area contributed by atoms with Crippen LogP contribution in [0.15, 0.2) is 78.9 Å². The van der Waals surface area contributed by atoms with Gasteiger partial charge in [0, 0.05) is 12.5 Å². The number of hydrogen-bond acceptors (Lipinski definition) is 4. The maximum Gasteiger partial charge on any atom is 0.407 e. The highest BCUT2D eigenvalue weighted by molar-refractivity contribution is 5.79. The Morgan fingerprint density at radius 3 is 2.03 bits per heavy atom. The molecule has 0 bridgehead atoms. The smallest absolute Gasteiger partial charge is 0.407 e. The van der Waals surface area contributed by atoms with E-state index in [4.69, 9.17) is 4.74 Å². The molecular weight excluding hydrogens is 366 g/mol. The number of ether oxygens (including phenoxy) is 1. The van der Waals surface area contributed by atoms with Crippen molar-refractivity contribution in [3.05, 3.63) is 95.6 Å². The first kappa shape index (κ1) is 19.2. The molecule has 148 valence electrons. The Kier molecular flexibility index (Phi) is 5.60. The van der Waals surface area contributed by atoms with Crippen LogP contribution in [0.3, 0.4) is 0 Å². The predicted molar refractivity (Wildman–Crippen MR) is 110 cm³/mol. The van der Waals surface area contributed by atoms with Gasteiger partial charge in [0.1, 0.15) is 18.8 Å². The van der Waals surface area contributed by atoms with Gasteiger partial charge < -0.3 is 20.3 Å². The average Bonchev–Trinajstić information content (AvgIpc) is 3.10. The minimum Gasteiger partial charge on any atom is -0.449 e. The minimum absolute atomic E-state index is 0.0204. The van der Waals surface area contributed by atoms with Crippen LogP contribution in [-0.4, -0.2) is 35.6 Å². The third kappa shape index (κ3) is 4.01. The molecule has 1 unspecified atom stereocenters. The van der Waals surface area contributed by atoms with Crippen molar-refractivity contribution in [2.24, 2.45) is 0 Å². The first-order valence-electron chi connectivity index (χ1n) is 9.65. The number of nitrogens with one attached hydrogen (secondary N) is 1. The normalized spacial score (nSPS) is 14.6. The SMILES string of the molecule is O=C(NCC(O)[C@@H](O)c1ccccc1)OCC1c2ccccc2-c2ccccc21. The topological polar surface area (TPSA) is 78.8 Å². The van der Waals surface area contributed by atoms with Crippen LogP contribution in [0.5, 0.6) is 0 Å². The fraction of sp³-hybridized carbons (Fsp3) is 0.208. The number of hydrogen-bond donors (Lipinski definition) is 3. The molecule has 5 nitrogen and oxygen atoms in total. The standard InChI is InChI=1S/C24H23NO4/c26-22(23(27)16-8-2-1-3-9-16)14-25-24(28)29-15-21-19-12-6-4-10-17(19)18-11-5-7-13-20(18)21/h1-13,21-23,26-27H,14-15H2,(H,25,28)/t22?,23-/m0/s1. The molecule has 0 spiro atoms. The Labute approximate surface area is 169 Å². The van der Waals surface area contributed by atoms with E-state index in [-0.39, 0.29) is 19.1 Å². The third-order valence-corrected chi connectivity index (χ3v) is 5.30. The van der Waals surface area contributed by atoms with Crippen LogP contribution in [0, 0.1) is 0 Å². The van der Waals surface area contributed by atoms with E-state index in [1.807, 2.05) is 30.3 Å². The number of benzene rings is 3. The number of amides is 1. The molecule has 3 aromatic rings. The van der Waals surface area contributed by atoms with Gasteiger partial charge in [0.15, 0.2) is 0 Å². The number of fused-ring (bicyclic) bond motifs is 3. The van der Waals surface area contributed by atoms with Crippen LogP contribution in [-0.2, 0) is 4.74 Å². The Morgan fingerprint density at radius 2 is 1.41 bits per heavy atom. The van der Waals surface area contributed by atoms with Crippen molar-refractivity contribution in [2.75, 3.05) is 13.2 Å². The van der Waals surface area contributed by atoms with Crippen molar-refractivity contribution in [2.45, 2.75) is 18.1 Å². The molecule has 3 N–H and O–H groups in total. The lowest BCUT2D eigenvalue weighted by Gasteiger charge is -2.19. The van der Waals surface area contributed by atoms with Crippen LogP contribution in [0.25, 0.3) is 11.1 Å². The van der Waals surface area contributed by atoms with E-state index in [1.54, 1.807) is 24.3 Å². The lowest BCUT2D eigenvalue weighted by atomic mass is 9.98. The minimum atomic E-state index is -1.13. The largest absolute Gasteiger partial charge is 0.449 e. The monoisotopic (exact) mass is 389 g/mol. The van der Waals surface area contributed by atoms with E-state index in [2.05, 4.69) is 29.6 Å². The van der Waals surface area contributed by atoms with Crippen LogP contribution in [0.2, 0.25) is 0 Å². The summed E-state index contributed by atoms with van der Waals surface area (Å²) < 4.78 is 5.43. The summed E-state index contributed by atoms with van der Waals surface area (Å²) in [6.45, 7) is 0.101. The molecular formula is C24H23NO4. The van der Waals surface area contributed by atoms with Crippen molar-refractivity contribution in [3.8, 4) is 11.1 Å². The molecule has 0 saturated carbocycles. The van der Waals surface area contributed by atoms with E-state index in [9.17, 15) is 15.0 Å². The Balaban J connectivity index is 1.34. The summed E-state index contributed by atoms with van der Waals surface area (Å²) in [5.41, 5.74) is 5.20. The Hall–Kier alpha value is -3.15. The lowest BCUT2D eigenvalue weighted by Crippen LogP contribution is -2.36. The molecule has 0 radical (unpaired) electrons.